The first kappa shape index (κ1) is 13.6. The SMILES string of the molecule is FC(F)C(F)(Br)c1cc(Cl)c(Cl)c(Br)c1. The van der Waals surface area contributed by atoms with E-state index in [1.165, 1.54) is 0 Å². The van der Waals surface area contributed by atoms with Crippen molar-refractivity contribution in [1.82, 2.24) is 0 Å². The van der Waals surface area contributed by atoms with Gasteiger partial charge in [-0.05, 0) is 44.0 Å². The average molecular weight is 387 g/mol. The molecule has 0 aliphatic carbocycles. The van der Waals surface area contributed by atoms with Crippen LogP contribution < -0.4 is 0 Å². The van der Waals surface area contributed by atoms with E-state index in [9.17, 15) is 13.2 Å². The molecule has 1 aromatic rings. The molecule has 0 bridgehead atoms. The van der Waals surface area contributed by atoms with Gasteiger partial charge in [0.25, 0.3) is 6.43 Å². The van der Waals surface area contributed by atoms with Crippen LogP contribution in [-0.2, 0) is 4.58 Å². The van der Waals surface area contributed by atoms with Gasteiger partial charge >= 0.3 is 0 Å². The highest BCUT2D eigenvalue weighted by Crippen LogP contribution is 2.43. The van der Waals surface area contributed by atoms with Crippen LogP contribution in [0.3, 0.4) is 0 Å². The molecule has 0 aromatic heterocycles. The monoisotopic (exact) mass is 384 g/mol. The van der Waals surface area contributed by atoms with E-state index < -0.39 is 11.0 Å². The third kappa shape index (κ3) is 2.81. The van der Waals surface area contributed by atoms with Crippen LogP contribution in [0.25, 0.3) is 0 Å². The molecule has 0 heterocycles. The Morgan fingerprint density at radius 3 is 2.20 bits per heavy atom. The third-order valence-corrected chi connectivity index (χ3v) is 4.10. The second-order valence-corrected chi connectivity index (χ2v) is 5.47. The molecule has 0 N–H and O–H groups in total. The van der Waals surface area contributed by atoms with Gasteiger partial charge in [0.05, 0.1) is 10.0 Å². The molecule has 0 radical (unpaired) electrons. The number of hydrogen-bond acceptors (Lipinski definition) is 0. The van der Waals surface area contributed by atoms with E-state index in [0.717, 1.165) is 12.1 Å². The van der Waals surface area contributed by atoms with E-state index in [-0.39, 0.29) is 20.1 Å². The second kappa shape index (κ2) is 4.82. The first-order valence-electron chi connectivity index (χ1n) is 3.57. The maximum Gasteiger partial charge on any atom is 0.286 e. The Labute approximate surface area is 111 Å². The highest BCUT2D eigenvalue weighted by atomic mass is 79.9. The van der Waals surface area contributed by atoms with E-state index in [0.29, 0.717) is 0 Å². The van der Waals surface area contributed by atoms with Crippen molar-refractivity contribution in [3.8, 4) is 0 Å². The van der Waals surface area contributed by atoms with Gasteiger partial charge in [-0.2, -0.15) is 0 Å². The van der Waals surface area contributed by atoms with Crippen LogP contribution in [0.5, 0.6) is 0 Å². The number of hydrogen-bond donors (Lipinski definition) is 0. The number of halogens is 7. The molecular formula is C8H3Br2Cl2F3. The smallest absolute Gasteiger partial charge is 0.220 e. The summed E-state index contributed by atoms with van der Waals surface area (Å²) in [6.07, 6.45) is -3.21. The first-order valence-corrected chi connectivity index (χ1v) is 5.92. The zero-order valence-corrected chi connectivity index (χ0v) is 11.6. The molecule has 1 rings (SSSR count). The van der Waals surface area contributed by atoms with Crippen molar-refractivity contribution in [2.75, 3.05) is 0 Å². The summed E-state index contributed by atoms with van der Waals surface area (Å²) in [5.74, 6) is 0. The summed E-state index contributed by atoms with van der Waals surface area (Å²) in [6.45, 7) is 0. The van der Waals surface area contributed by atoms with Gasteiger partial charge in [-0.15, -0.1) is 0 Å². The highest BCUT2D eigenvalue weighted by molar-refractivity contribution is 9.10. The molecule has 0 spiro atoms. The molecular weight excluding hydrogens is 384 g/mol. The first-order chi connectivity index (χ1) is 6.76. The molecule has 0 aliphatic rings. The molecule has 0 amide bonds. The summed E-state index contributed by atoms with van der Waals surface area (Å²) in [5, 5.41) is 0.154. The van der Waals surface area contributed by atoms with Crippen LogP contribution in [-0.4, -0.2) is 6.43 Å². The molecule has 7 heteroatoms. The van der Waals surface area contributed by atoms with Gasteiger partial charge < -0.3 is 0 Å². The predicted octanol–water partition coefficient (Wildman–Crippen LogP) is 5.54. The van der Waals surface area contributed by atoms with Crippen LogP contribution in [0.15, 0.2) is 16.6 Å². The fraction of sp³-hybridized carbons (Fsp3) is 0.250. The minimum Gasteiger partial charge on any atom is -0.220 e. The molecule has 84 valence electrons. The lowest BCUT2D eigenvalue weighted by Gasteiger charge is -2.18. The van der Waals surface area contributed by atoms with Gasteiger partial charge in [0.15, 0.2) is 0 Å². The Bertz CT molecular complexity index is 359. The van der Waals surface area contributed by atoms with Crippen LogP contribution in [0.4, 0.5) is 13.2 Å². The molecule has 0 fully saturated rings. The van der Waals surface area contributed by atoms with Gasteiger partial charge in [0, 0.05) is 10.0 Å². The molecule has 0 nitrogen and oxygen atoms in total. The number of rotatable bonds is 2. The Hall–Kier alpha value is 0.550. The van der Waals surface area contributed by atoms with Crippen molar-refractivity contribution in [3.05, 3.63) is 32.2 Å². The Balaban J connectivity index is 3.28. The molecule has 1 atom stereocenters. The lowest BCUT2D eigenvalue weighted by Crippen LogP contribution is -2.21. The standard InChI is InChI=1S/C8H3Br2Cl2F3/c9-4-1-3(2-5(11)6(4)12)8(10,15)7(13)14/h1-2,7H. The van der Waals surface area contributed by atoms with Crippen LogP contribution in [0.2, 0.25) is 10.0 Å². The maximum absolute atomic E-state index is 13.5. The van der Waals surface area contributed by atoms with E-state index in [1.807, 2.05) is 0 Å². The average Bonchev–Trinajstić information content (AvgIpc) is 2.13. The minimum atomic E-state index is -3.21. The zero-order chi connectivity index (χ0) is 11.8. The van der Waals surface area contributed by atoms with Gasteiger partial charge in [-0.25, -0.2) is 13.2 Å². The van der Waals surface area contributed by atoms with Crippen LogP contribution in [0.1, 0.15) is 5.56 Å². The normalized spacial score (nSPS) is 15.5. The third-order valence-electron chi connectivity index (χ3n) is 1.64. The zero-order valence-electron chi connectivity index (χ0n) is 6.88. The van der Waals surface area contributed by atoms with Crippen molar-refractivity contribution in [3.63, 3.8) is 0 Å². The van der Waals surface area contributed by atoms with E-state index in [2.05, 4.69) is 31.9 Å². The highest BCUT2D eigenvalue weighted by Gasteiger charge is 2.40. The van der Waals surface area contributed by atoms with Crippen molar-refractivity contribution >= 4 is 55.1 Å². The quantitative estimate of drug-likeness (QED) is 0.462. The molecule has 0 saturated heterocycles. The maximum atomic E-state index is 13.5. The minimum absolute atomic E-state index is 0.00293. The van der Waals surface area contributed by atoms with Gasteiger partial charge in [-0.1, -0.05) is 23.2 Å². The number of benzene rings is 1. The van der Waals surface area contributed by atoms with Gasteiger partial charge in [0.1, 0.15) is 0 Å². The van der Waals surface area contributed by atoms with E-state index in [1.54, 1.807) is 0 Å². The van der Waals surface area contributed by atoms with Crippen molar-refractivity contribution in [2.24, 2.45) is 0 Å². The fourth-order valence-corrected chi connectivity index (χ4v) is 2.01. The van der Waals surface area contributed by atoms with Crippen molar-refractivity contribution in [2.45, 2.75) is 11.0 Å². The van der Waals surface area contributed by atoms with E-state index in [4.69, 9.17) is 23.2 Å². The summed E-state index contributed by atoms with van der Waals surface area (Å²) in [7, 11) is 0. The van der Waals surface area contributed by atoms with Crippen LogP contribution >= 0.6 is 55.1 Å². The summed E-state index contributed by atoms with van der Waals surface area (Å²) >= 11 is 16.6. The summed E-state index contributed by atoms with van der Waals surface area (Å²) in [6, 6.07) is 2.20. The Kier molecular flexibility index (Phi) is 4.37. The predicted molar refractivity (Wildman–Crippen MR) is 61.9 cm³/mol. The molecule has 1 unspecified atom stereocenters. The van der Waals surface area contributed by atoms with Crippen molar-refractivity contribution in [1.29, 1.82) is 0 Å². The Morgan fingerprint density at radius 1 is 1.27 bits per heavy atom. The van der Waals surface area contributed by atoms with Crippen molar-refractivity contribution < 1.29 is 13.2 Å². The summed E-state index contributed by atoms with van der Waals surface area (Å²) < 4.78 is 35.5. The second-order valence-electron chi connectivity index (χ2n) is 2.68. The molecule has 1 aromatic carbocycles. The van der Waals surface area contributed by atoms with Gasteiger partial charge in [-0.3, -0.25) is 0 Å². The topological polar surface area (TPSA) is 0 Å². The lowest BCUT2D eigenvalue weighted by molar-refractivity contribution is 0.0301. The molecule has 0 aliphatic heterocycles. The molecule has 0 saturated carbocycles. The largest absolute Gasteiger partial charge is 0.286 e. The van der Waals surface area contributed by atoms with Gasteiger partial charge in [0.2, 0.25) is 4.58 Å². The molecule has 15 heavy (non-hydrogen) atoms. The summed E-state index contributed by atoms with van der Waals surface area (Å²) in [5.41, 5.74) is -0.293. The summed E-state index contributed by atoms with van der Waals surface area (Å²) in [4.78, 5) is 0. The lowest BCUT2D eigenvalue weighted by atomic mass is 10.1. The van der Waals surface area contributed by atoms with E-state index >= 15 is 0 Å². The fourth-order valence-electron chi connectivity index (χ4n) is 0.874. The van der Waals surface area contributed by atoms with Crippen LogP contribution in [0, 0.1) is 0 Å². The number of alkyl halides is 4. The Morgan fingerprint density at radius 2 is 1.80 bits per heavy atom.